The van der Waals surface area contributed by atoms with E-state index in [0.717, 1.165) is 11.0 Å². The van der Waals surface area contributed by atoms with Crippen molar-refractivity contribution in [3.8, 4) is 0 Å². The maximum absolute atomic E-state index is 3.58. The van der Waals surface area contributed by atoms with Crippen LogP contribution in [-0.4, -0.2) is 7.05 Å². The maximum Gasteiger partial charge on any atom is 0.0314 e. The van der Waals surface area contributed by atoms with Crippen molar-refractivity contribution in [3.63, 3.8) is 0 Å². The van der Waals surface area contributed by atoms with Gasteiger partial charge in [-0.15, -0.1) is 0 Å². The van der Waals surface area contributed by atoms with E-state index < -0.39 is 0 Å². The van der Waals surface area contributed by atoms with Crippen molar-refractivity contribution in [1.29, 1.82) is 0 Å². The smallest absolute Gasteiger partial charge is 0.0314 e. The standard InChI is InChI=1S/C14H14BrNS/c1-16-10-11-6-2-4-8-13(11)17-14-9-5-3-7-12(14)15/h2-9,16H,10H2,1H3. The molecule has 0 aliphatic carbocycles. The van der Waals surface area contributed by atoms with E-state index in [9.17, 15) is 0 Å². The molecule has 0 heterocycles. The van der Waals surface area contributed by atoms with Crippen molar-refractivity contribution < 1.29 is 0 Å². The van der Waals surface area contributed by atoms with Gasteiger partial charge < -0.3 is 5.32 Å². The summed E-state index contributed by atoms with van der Waals surface area (Å²) in [5.74, 6) is 0. The molecule has 88 valence electrons. The van der Waals surface area contributed by atoms with Crippen molar-refractivity contribution in [3.05, 3.63) is 58.6 Å². The Labute approximate surface area is 115 Å². The number of benzene rings is 2. The fraction of sp³-hybridized carbons (Fsp3) is 0.143. The summed E-state index contributed by atoms with van der Waals surface area (Å²) in [4.78, 5) is 2.55. The van der Waals surface area contributed by atoms with Gasteiger partial charge in [0, 0.05) is 20.8 Å². The molecule has 0 saturated carbocycles. The number of halogens is 1. The summed E-state index contributed by atoms with van der Waals surface area (Å²) in [6.07, 6.45) is 0. The zero-order valence-corrected chi connectivity index (χ0v) is 12.0. The number of hydrogen-bond acceptors (Lipinski definition) is 2. The van der Waals surface area contributed by atoms with Crippen molar-refractivity contribution in [2.24, 2.45) is 0 Å². The third kappa shape index (κ3) is 3.35. The molecule has 1 N–H and O–H groups in total. The molecule has 2 aromatic rings. The Morgan fingerprint density at radius 3 is 2.35 bits per heavy atom. The van der Waals surface area contributed by atoms with Crippen LogP contribution in [0.25, 0.3) is 0 Å². The molecule has 0 bridgehead atoms. The van der Waals surface area contributed by atoms with Gasteiger partial charge >= 0.3 is 0 Å². The van der Waals surface area contributed by atoms with Crippen molar-refractivity contribution in [1.82, 2.24) is 5.32 Å². The Kier molecular flexibility index (Phi) is 4.66. The Balaban J connectivity index is 2.27. The van der Waals surface area contributed by atoms with Gasteiger partial charge in [0.15, 0.2) is 0 Å². The minimum atomic E-state index is 0.896. The molecule has 0 amide bonds. The van der Waals surface area contributed by atoms with Gasteiger partial charge in [0.25, 0.3) is 0 Å². The lowest BCUT2D eigenvalue weighted by atomic mass is 10.2. The Hall–Kier alpha value is -0.770. The van der Waals surface area contributed by atoms with Gasteiger partial charge in [0.05, 0.1) is 0 Å². The molecule has 0 unspecified atom stereocenters. The predicted molar refractivity (Wildman–Crippen MR) is 77.5 cm³/mol. The summed E-state index contributed by atoms with van der Waals surface area (Å²) in [6.45, 7) is 0.896. The zero-order chi connectivity index (χ0) is 12.1. The average Bonchev–Trinajstić information content (AvgIpc) is 2.35. The second-order valence-electron chi connectivity index (χ2n) is 3.67. The minimum Gasteiger partial charge on any atom is -0.316 e. The zero-order valence-electron chi connectivity index (χ0n) is 9.61. The Morgan fingerprint density at radius 1 is 1.00 bits per heavy atom. The molecule has 0 spiro atoms. The van der Waals surface area contributed by atoms with E-state index in [1.165, 1.54) is 15.4 Å². The molecule has 2 rings (SSSR count). The first kappa shape index (κ1) is 12.7. The highest BCUT2D eigenvalue weighted by Crippen LogP contribution is 2.34. The van der Waals surface area contributed by atoms with Crippen LogP contribution in [0.5, 0.6) is 0 Å². The fourth-order valence-electron chi connectivity index (χ4n) is 1.59. The quantitative estimate of drug-likeness (QED) is 0.903. The van der Waals surface area contributed by atoms with Crippen LogP contribution in [0, 0.1) is 0 Å². The Morgan fingerprint density at radius 2 is 1.65 bits per heavy atom. The first-order valence-electron chi connectivity index (χ1n) is 5.46. The van der Waals surface area contributed by atoms with E-state index in [1.54, 1.807) is 11.8 Å². The van der Waals surface area contributed by atoms with Crippen molar-refractivity contribution in [2.75, 3.05) is 7.05 Å². The van der Waals surface area contributed by atoms with Gasteiger partial charge in [-0.1, -0.05) is 42.1 Å². The van der Waals surface area contributed by atoms with E-state index in [4.69, 9.17) is 0 Å². The molecule has 3 heteroatoms. The van der Waals surface area contributed by atoms with E-state index in [1.807, 2.05) is 13.1 Å². The van der Waals surface area contributed by atoms with Crippen LogP contribution in [-0.2, 0) is 6.54 Å². The van der Waals surface area contributed by atoms with Gasteiger partial charge in [-0.3, -0.25) is 0 Å². The first-order valence-corrected chi connectivity index (χ1v) is 7.07. The molecule has 0 aliphatic heterocycles. The number of rotatable bonds is 4. The highest BCUT2D eigenvalue weighted by molar-refractivity contribution is 9.10. The SMILES string of the molecule is CNCc1ccccc1Sc1ccccc1Br. The summed E-state index contributed by atoms with van der Waals surface area (Å²) < 4.78 is 1.14. The largest absolute Gasteiger partial charge is 0.316 e. The van der Waals surface area contributed by atoms with Crippen LogP contribution in [0.2, 0.25) is 0 Å². The van der Waals surface area contributed by atoms with Gasteiger partial charge in [-0.2, -0.15) is 0 Å². The average molecular weight is 308 g/mol. The molecule has 0 aromatic heterocycles. The normalized spacial score (nSPS) is 10.5. The monoisotopic (exact) mass is 307 g/mol. The predicted octanol–water partition coefficient (Wildman–Crippen LogP) is 4.32. The molecule has 0 atom stereocenters. The van der Waals surface area contributed by atoms with E-state index in [-0.39, 0.29) is 0 Å². The molecular formula is C14H14BrNS. The molecular weight excluding hydrogens is 294 g/mol. The molecule has 2 aromatic carbocycles. The second-order valence-corrected chi connectivity index (χ2v) is 5.61. The highest BCUT2D eigenvalue weighted by Gasteiger charge is 2.05. The summed E-state index contributed by atoms with van der Waals surface area (Å²) in [6, 6.07) is 16.8. The molecule has 0 fully saturated rings. The lowest BCUT2D eigenvalue weighted by Gasteiger charge is -2.09. The number of hydrogen-bond donors (Lipinski definition) is 1. The van der Waals surface area contributed by atoms with Crippen LogP contribution in [0.3, 0.4) is 0 Å². The van der Waals surface area contributed by atoms with E-state index in [2.05, 4.69) is 63.7 Å². The van der Waals surface area contributed by atoms with Crippen LogP contribution in [0.1, 0.15) is 5.56 Å². The van der Waals surface area contributed by atoms with Gasteiger partial charge in [0.1, 0.15) is 0 Å². The number of nitrogens with one attached hydrogen (secondary N) is 1. The van der Waals surface area contributed by atoms with Gasteiger partial charge in [-0.05, 0) is 46.7 Å². The Bertz CT molecular complexity index is 499. The molecule has 1 nitrogen and oxygen atoms in total. The first-order chi connectivity index (χ1) is 8.31. The fourth-order valence-corrected chi connectivity index (χ4v) is 3.08. The van der Waals surface area contributed by atoms with Crippen LogP contribution >= 0.6 is 27.7 Å². The lowest BCUT2D eigenvalue weighted by Crippen LogP contribution is -2.05. The molecule has 0 aliphatic rings. The van der Waals surface area contributed by atoms with Crippen LogP contribution in [0.4, 0.5) is 0 Å². The third-order valence-electron chi connectivity index (χ3n) is 2.40. The summed E-state index contributed by atoms with van der Waals surface area (Å²) in [5.41, 5.74) is 1.33. The van der Waals surface area contributed by atoms with Crippen molar-refractivity contribution in [2.45, 2.75) is 16.3 Å². The third-order valence-corrected chi connectivity index (χ3v) is 4.54. The van der Waals surface area contributed by atoms with Crippen LogP contribution in [0.15, 0.2) is 62.8 Å². The summed E-state index contributed by atoms with van der Waals surface area (Å²) in [5, 5.41) is 3.20. The van der Waals surface area contributed by atoms with Crippen LogP contribution < -0.4 is 5.32 Å². The topological polar surface area (TPSA) is 12.0 Å². The maximum atomic E-state index is 3.58. The molecule has 0 saturated heterocycles. The second kappa shape index (κ2) is 6.24. The summed E-state index contributed by atoms with van der Waals surface area (Å²) >= 11 is 5.37. The summed E-state index contributed by atoms with van der Waals surface area (Å²) in [7, 11) is 1.97. The van der Waals surface area contributed by atoms with Gasteiger partial charge in [-0.25, -0.2) is 0 Å². The van der Waals surface area contributed by atoms with Gasteiger partial charge in [0.2, 0.25) is 0 Å². The molecule has 0 radical (unpaired) electrons. The minimum absolute atomic E-state index is 0.896. The van der Waals surface area contributed by atoms with E-state index >= 15 is 0 Å². The van der Waals surface area contributed by atoms with Crippen molar-refractivity contribution >= 4 is 27.7 Å². The van der Waals surface area contributed by atoms with E-state index in [0.29, 0.717) is 0 Å². The lowest BCUT2D eigenvalue weighted by molar-refractivity contribution is 0.803. The molecule has 17 heavy (non-hydrogen) atoms. The highest BCUT2D eigenvalue weighted by atomic mass is 79.9.